The van der Waals surface area contributed by atoms with E-state index in [0.717, 1.165) is 18.4 Å². The fourth-order valence-corrected chi connectivity index (χ4v) is 4.56. The van der Waals surface area contributed by atoms with Gasteiger partial charge < -0.3 is 10.2 Å². The summed E-state index contributed by atoms with van der Waals surface area (Å²) < 4.78 is 27.3. The van der Waals surface area contributed by atoms with E-state index in [1.165, 1.54) is 29.2 Å². The van der Waals surface area contributed by atoms with Crippen LogP contribution < -0.4 is 10.2 Å². The Bertz CT molecular complexity index is 1210. The average molecular weight is 478 g/mol. The summed E-state index contributed by atoms with van der Waals surface area (Å²) in [5.74, 6) is -1.25. The van der Waals surface area contributed by atoms with Gasteiger partial charge >= 0.3 is 0 Å². The lowest BCUT2D eigenvalue weighted by Crippen LogP contribution is -2.51. The number of rotatable bonds is 5. The van der Waals surface area contributed by atoms with Gasteiger partial charge in [-0.1, -0.05) is 24.3 Å². The number of hydrogen-bond donors (Lipinski definition) is 1. The smallest absolute Gasteiger partial charge is 0.256 e. The summed E-state index contributed by atoms with van der Waals surface area (Å²) in [4.78, 5) is 29.0. The van der Waals surface area contributed by atoms with Gasteiger partial charge in [-0.3, -0.25) is 14.5 Å². The van der Waals surface area contributed by atoms with E-state index in [1.54, 1.807) is 17.0 Å². The molecule has 2 aliphatic heterocycles. The molecule has 0 saturated carbocycles. The molecule has 2 aromatic carbocycles. The highest BCUT2D eigenvalue weighted by Crippen LogP contribution is 2.32. The summed E-state index contributed by atoms with van der Waals surface area (Å²) >= 11 is 0. The minimum atomic E-state index is -0.707. The highest BCUT2D eigenvalue weighted by atomic mass is 19.1. The molecule has 3 heterocycles. The SMILES string of the molecule is O=C(c1ccccc1F)N1CCC(c2ccc(N(C(=O)C3CNC3)c3ccc(F)nn3)cc2)CC1. The fraction of sp³-hybridized carbons (Fsp3) is 0.308. The first-order valence-electron chi connectivity index (χ1n) is 11.7. The summed E-state index contributed by atoms with van der Waals surface area (Å²) in [6.45, 7) is 2.27. The van der Waals surface area contributed by atoms with Crippen LogP contribution in [0.15, 0.2) is 60.7 Å². The molecule has 3 aromatic rings. The molecule has 0 unspecified atom stereocenters. The van der Waals surface area contributed by atoms with E-state index in [2.05, 4.69) is 15.5 Å². The molecule has 1 N–H and O–H groups in total. The topological polar surface area (TPSA) is 78.4 Å². The zero-order chi connectivity index (χ0) is 24.4. The number of benzene rings is 2. The molecule has 0 spiro atoms. The molecule has 7 nitrogen and oxygen atoms in total. The van der Waals surface area contributed by atoms with E-state index in [-0.39, 0.29) is 35.0 Å². The quantitative estimate of drug-likeness (QED) is 0.607. The van der Waals surface area contributed by atoms with E-state index >= 15 is 0 Å². The predicted octanol–water partition coefficient (Wildman–Crippen LogP) is 3.66. The minimum absolute atomic E-state index is 0.102. The molecular weight excluding hydrogens is 452 g/mol. The summed E-state index contributed by atoms with van der Waals surface area (Å²) in [5.41, 5.74) is 1.85. The Labute approximate surface area is 201 Å². The van der Waals surface area contributed by atoms with E-state index in [1.807, 2.05) is 24.3 Å². The number of likely N-dealkylation sites (tertiary alicyclic amines) is 1. The minimum Gasteiger partial charge on any atom is -0.339 e. The van der Waals surface area contributed by atoms with E-state index in [9.17, 15) is 18.4 Å². The van der Waals surface area contributed by atoms with Gasteiger partial charge in [0.1, 0.15) is 5.82 Å². The Balaban J connectivity index is 1.29. The van der Waals surface area contributed by atoms with Gasteiger partial charge in [-0.15, -0.1) is 10.2 Å². The molecule has 2 amide bonds. The zero-order valence-electron chi connectivity index (χ0n) is 19.0. The van der Waals surface area contributed by atoms with Crippen molar-refractivity contribution >= 4 is 23.3 Å². The molecule has 9 heteroatoms. The van der Waals surface area contributed by atoms with Gasteiger partial charge in [0.2, 0.25) is 11.9 Å². The maximum Gasteiger partial charge on any atom is 0.256 e. The first-order chi connectivity index (χ1) is 17.0. The number of hydrogen-bond acceptors (Lipinski definition) is 5. The number of nitrogens with zero attached hydrogens (tertiary/aromatic N) is 4. The summed E-state index contributed by atoms with van der Waals surface area (Å²) in [5, 5.41) is 10.4. The molecule has 2 aliphatic rings. The molecule has 0 atom stereocenters. The number of carbonyl (C=O) groups excluding carboxylic acids is 2. The summed E-state index contributed by atoms with van der Waals surface area (Å²) in [6.07, 6.45) is 1.53. The van der Waals surface area contributed by atoms with Gasteiger partial charge in [-0.2, -0.15) is 4.39 Å². The Hall–Kier alpha value is -3.72. The summed E-state index contributed by atoms with van der Waals surface area (Å²) in [6, 6.07) is 16.4. The van der Waals surface area contributed by atoms with Gasteiger partial charge in [-0.25, -0.2) is 4.39 Å². The van der Waals surface area contributed by atoms with Crippen molar-refractivity contribution in [2.45, 2.75) is 18.8 Å². The molecule has 2 saturated heterocycles. The highest BCUT2D eigenvalue weighted by Gasteiger charge is 2.32. The Morgan fingerprint density at radius 2 is 1.63 bits per heavy atom. The molecule has 5 rings (SSSR count). The maximum absolute atomic E-state index is 14.0. The average Bonchev–Trinajstić information content (AvgIpc) is 2.85. The third kappa shape index (κ3) is 4.77. The first-order valence-corrected chi connectivity index (χ1v) is 11.7. The van der Waals surface area contributed by atoms with Crippen molar-refractivity contribution < 1.29 is 18.4 Å². The predicted molar refractivity (Wildman–Crippen MR) is 126 cm³/mol. The van der Waals surface area contributed by atoms with Crippen LogP contribution in [0.25, 0.3) is 0 Å². The van der Waals surface area contributed by atoms with E-state index < -0.39 is 11.8 Å². The number of nitrogens with one attached hydrogen (secondary N) is 1. The van der Waals surface area contributed by atoms with Gasteiger partial charge in [0.15, 0.2) is 5.82 Å². The monoisotopic (exact) mass is 477 g/mol. The third-order valence-electron chi connectivity index (χ3n) is 6.71. The Morgan fingerprint density at radius 3 is 2.23 bits per heavy atom. The van der Waals surface area contributed by atoms with Crippen molar-refractivity contribution in [3.05, 3.63) is 83.6 Å². The summed E-state index contributed by atoms with van der Waals surface area (Å²) in [7, 11) is 0. The zero-order valence-corrected chi connectivity index (χ0v) is 19.0. The molecule has 2 fully saturated rings. The number of aromatic nitrogens is 2. The Morgan fingerprint density at radius 1 is 0.914 bits per heavy atom. The van der Waals surface area contributed by atoms with Crippen LogP contribution in [0, 0.1) is 17.7 Å². The lowest BCUT2D eigenvalue weighted by molar-refractivity contribution is -0.123. The second-order valence-electron chi connectivity index (χ2n) is 8.88. The van der Waals surface area contributed by atoms with Gasteiger partial charge in [0.05, 0.1) is 17.2 Å². The number of halogens is 2. The van der Waals surface area contributed by atoms with Crippen molar-refractivity contribution in [3.63, 3.8) is 0 Å². The van der Waals surface area contributed by atoms with Gasteiger partial charge in [0.25, 0.3) is 5.91 Å². The van der Waals surface area contributed by atoms with Crippen LogP contribution in [0.1, 0.15) is 34.7 Å². The Kier molecular flexibility index (Phi) is 6.50. The molecule has 0 bridgehead atoms. The normalized spacial score (nSPS) is 16.6. The molecular formula is C26H25F2N5O2. The maximum atomic E-state index is 14.0. The van der Waals surface area contributed by atoms with Crippen molar-refractivity contribution in [3.8, 4) is 0 Å². The lowest BCUT2D eigenvalue weighted by atomic mass is 9.89. The van der Waals surface area contributed by atoms with Crippen molar-refractivity contribution in [1.82, 2.24) is 20.4 Å². The molecule has 0 aliphatic carbocycles. The molecule has 35 heavy (non-hydrogen) atoms. The number of carbonyl (C=O) groups is 2. The number of amides is 2. The van der Waals surface area contributed by atoms with Crippen LogP contribution in [-0.4, -0.2) is 53.1 Å². The molecule has 1 aromatic heterocycles. The van der Waals surface area contributed by atoms with Crippen LogP contribution >= 0.6 is 0 Å². The fourth-order valence-electron chi connectivity index (χ4n) is 4.56. The van der Waals surface area contributed by atoms with Crippen molar-refractivity contribution in [2.75, 3.05) is 31.1 Å². The van der Waals surface area contributed by atoms with Crippen LogP contribution in [0.5, 0.6) is 0 Å². The van der Waals surface area contributed by atoms with Crippen LogP contribution in [0.3, 0.4) is 0 Å². The van der Waals surface area contributed by atoms with Crippen LogP contribution in [0.4, 0.5) is 20.3 Å². The lowest BCUT2D eigenvalue weighted by Gasteiger charge is -2.33. The first kappa shape index (κ1) is 23.0. The third-order valence-corrected chi connectivity index (χ3v) is 6.71. The van der Waals surface area contributed by atoms with Gasteiger partial charge in [-0.05, 0) is 60.7 Å². The van der Waals surface area contributed by atoms with Crippen LogP contribution in [-0.2, 0) is 4.79 Å². The number of piperidine rings is 1. The largest absolute Gasteiger partial charge is 0.339 e. The van der Waals surface area contributed by atoms with Crippen molar-refractivity contribution in [2.24, 2.45) is 5.92 Å². The molecule has 180 valence electrons. The second kappa shape index (κ2) is 9.87. The van der Waals surface area contributed by atoms with E-state index in [4.69, 9.17) is 0 Å². The second-order valence-corrected chi connectivity index (χ2v) is 8.88. The highest BCUT2D eigenvalue weighted by molar-refractivity contribution is 6.01. The van der Waals surface area contributed by atoms with Crippen LogP contribution in [0.2, 0.25) is 0 Å². The van der Waals surface area contributed by atoms with Crippen molar-refractivity contribution in [1.29, 1.82) is 0 Å². The number of anilines is 2. The van der Waals surface area contributed by atoms with E-state index in [0.29, 0.717) is 31.9 Å². The van der Waals surface area contributed by atoms with Gasteiger partial charge in [0, 0.05) is 26.2 Å². The standard InChI is InChI=1S/C26H25F2N5O2/c27-22-4-2-1-3-21(22)26(35)32-13-11-18(12-14-32)17-5-7-20(8-6-17)33(25(34)19-15-29-16-19)24-10-9-23(28)30-31-24/h1-10,18-19,29H,11-16H2. The molecule has 0 radical (unpaired) electrons.